The third kappa shape index (κ3) is 4.74. The zero-order valence-corrected chi connectivity index (χ0v) is 19.7. The summed E-state index contributed by atoms with van der Waals surface area (Å²) in [5.74, 6) is 0.200. The number of hydrogen-bond acceptors (Lipinski definition) is 8. The zero-order valence-electron chi connectivity index (χ0n) is 18.9. The minimum absolute atomic E-state index is 0.00581. The molecule has 11 heteroatoms. The summed E-state index contributed by atoms with van der Waals surface area (Å²) in [6.07, 6.45) is -0.218. The van der Waals surface area contributed by atoms with Crippen molar-refractivity contribution >= 4 is 21.6 Å². The first kappa shape index (κ1) is 24.0. The molecule has 2 aromatic rings. The van der Waals surface area contributed by atoms with E-state index < -0.39 is 16.1 Å². The number of sulfonamides is 1. The van der Waals surface area contributed by atoms with E-state index in [0.29, 0.717) is 18.8 Å². The highest BCUT2D eigenvalue weighted by Gasteiger charge is 2.33. The average Bonchev–Trinajstić information content (AvgIpc) is 3.09. The third-order valence-corrected chi connectivity index (χ3v) is 7.18. The molecular weight excluding hydrogens is 436 g/mol. The summed E-state index contributed by atoms with van der Waals surface area (Å²) in [4.78, 5) is 14.9. The molecule has 0 bridgehead atoms. The number of ether oxygens (including phenoxy) is 1. The number of hydrogen-bond donors (Lipinski definition) is 3. The van der Waals surface area contributed by atoms with Gasteiger partial charge in [0, 0.05) is 24.7 Å². The number of carbonyl (C=O) groups is 1. The highest BCUT2D eigenvalue weighted by Crippen LogP contribution is 2.31. The van der Waals surface area contributed by atoms with E-state index in [2.05, 4.69) is 15.2 Å². The number of amides is 1. The molecule has 0 saturated heterocycles. The Morgan fingerprint density at radius 1 is 1.34 bits per heavy atom. The van der Waals surface area contributed by atoms with Crippen molar-refractivity contribution in [2.45, 2.75) is 44.7 Å². The van der Waals surface area contributed by atoms with Crippen molar-refractivity contribution in [3.05, 3.63) is 35.2 Å². The fourth-order valence-electron chi connectivity index (χ4n) is 3.80. The van der Waals surface area contributed by atoms with E-state index >= 15 is 0 Å². The summed E-state index contributed by atoms with van der Waals surface area (Å²) in [6, 6.07) is 4.18. The van der Waals surface area contributed by atoms with Crippen LogP contribution in [0.2, 0.25) is 0 Å². The normalized spacial score (nSPS) is 20.2. The highest BCUT2D eigenvalue weighted by atomic mass is 32.2. The van der Waals surface area contributed by atoms with Crippen LogP contribution in [-0.4, -0.2) is 68.4 Å². The van der Waals surface area contributed by atoms with Gasteiger partial charge in [-0.3, -0.25) is 9.52 Å². The SMILES string of the molecule is CNC[C@@H]1Oc2ccc(NS(=O)(=O)c3c(C)noc3C)cc2C(=O)N([C@H](C)CO)C[C@@H]1C. The number of fused-ring (bicyclic) bond motifs is 1. The second-order valence-electron chi connectivity index (χ2n) is 8.15. The Balaban J connectivity index is 2.02. The molecule has 3 N–H and O–H groups in total. The lowest BCUT2D eigenvalue weighted by Gasteiger charge is -2.37. The molecule has 3 atom stereocenters. The third-order valence-electron chi connectivity index (χ3n) is 5.56. The van der Waals surface area contributed by atoms with Gasteiger partial charge in [0.25, 0.3) is 15.9 Å². The smallest absolute Gasteiger partial charge is 0.267 e. The summed E-state index contributed by atoms with van der Waals surface area (Å²) in [5, 5.41) is 16.5. The Morgan fingerprint density at radius 2 is 2.06 bits per heavy atom. The second kappa shape index (κ2) is 9.47. The number of likely N-dealkylation sites (N-methyl/N-ethyl adjacent to an activating group) is 1. The van der Waals surface area contributed by atoms with Gasteiger partial charge in [-0.25, -0.2) is 8.42 Å². The molecule has 32 heavy (non-hydrogen) atoms. The van der Waals surface area contributed by atoms with E-state index in [9.17, 15) is 18.3 Å². The van der Waals surface area contributed by atoms with Crippen LogP contribution in [0.4, 0.5) is 5.69 Å². The van der Waals surface area contributed by atoms with Crippen LogP contribution in [0.5, 0.6) is 5.75 Å². The van der Waals surface area contributed by atoms with E-state index in [-0.39, 0.29) is 52.1 Å². The quantitative estimate of drug-likeness (QED) is 0.559. The number of benzene rings is 1. The molecule has 0 unspecified atom stereocenters. The zero-order chi connectivity index (χ0) is 23.6. The fraction of sp³-hybridized carbons (Fsp3) is 0.524. The van der Waals surface area contributed by atoms with Gasteiger partial charge in [-0.05, 0) is 46.0 Å². The molecule has 0 aliphatic carbocycles. The van der Waals surface area contributed by atoms with Gasteiger partial charge < -0.3 is 24.6 Å². The molecule has 176 valence electrons. The number of aromatic nitrogens is 1. The Kier molecular flexibility index (Phi) is 7.11. The molecule has 0 spiro atoms. The van der Waals surface area contributed by atoms with E-state index in [1.54, 1.807) is 30.9 Å². The average molecular weight is 467 g/mol. The Labute approximate surface area is 188 Å². The first-order valence-corrected chi connectivity index (χ1v) is 11.9. The van der Waals surface area contributed by atoms with Crippen molar-refractivity contribution in [2.75, 3.05) is 31.5 Å². The van der Waals surface area contributed by atoms with Gasteiger partial charge in [-0.15, -0.1) is 0 Å². The van der Waals surface area contributed by atoms with Crippen molar-refractivity contribution in [3.8, 4) is 5.75 Å². The molecule has 1 amide bonds. The van der Waals surface area contributed by atoms with Crippen LogP contribution in [0.25, 0.3) is 0 Å². The number of carbonyl (C=O) groups excluding carboxylic acids is 1. The summed E-state index contributed by atoms with van der Waals surface area (Å²) in [5.41, 5.74) is 0.667. The van der Waals surface area contributed by atoms with Gasteiger partial charge in [-0.1, -0.05) is 12.1 Å². The van der Waals surface area contributed by atoms with E-state index in [0.717, 1.165) is 0 Å². The Hall–Kier alpha value is -2.63. The van der Waals surface area contributed by atoms with Gasteiger partial charge >= 0.3 is 0 Å². The van der Waals surface area contributed by atoms with Gasteiger partial charge in [0.05, 0.1) is 18.2 Å². The molecule has 1 aromatic carbocycles. The number of aliphatic hydroxyl groups is 1. The molecule has 1 aliphatic rings. The fourth-order valence-corrected chi connectivity index (χ4v) is 5.18. The largest absolute Gasteiger partial charge is 0.488 e. The van der Waals surface area contributed by atoms with Crippen LogP contribution in [0.15, 0.2) is 27.6 Å². The summed E-state index contributed by atoms with van der Waals surface area (Å²) < 4.78 is 39.4. The Morgan fingerprint density at radius 3 is 2.66 bits per heavy atom. The van der Waals surface area contributed by atoms with Crippen LogP contribution in [0, 0.1) is 19.8 Å². The van der Waals surface area contributed by atoms with Crippen LogP contribution >= 0.6 is 0 Å². The van der Waals surface area contributed by atoms with Crippen molar-refractivity contribution in [2.24, 2.45) is 5.92 Å². The van der Waals surface area contributed by atoms with Gasteiger partial charge in [0.15, 0.2) is 10.7 Å². The maximum atomic E-state index is 13.4. The number of rotatable bonds is 7. The van der Waals surface area contributed by atoms with Crippen LogP contribution in [-0.2, 0) is 10.0 Å². The van der Waals surface area contributed by atoms with Crippen LogP contribution < -0.4 is 14.8 Å². The monoisotopic (exact) mass is 466 g/mol. The van der Waals surface area contributed by atoms with E-state index in [1.807, 2.05) is 14.0 Å². The predicted octanol–water partition coefficient (Wildman–Crippen LogP) is 1.53. The topological polar surface area (TPSA) is 134 Å². The number of anilines is 1. The lowest BCUT2D eigenvalue weighted by Crippen LogP contribution is -2.49. The molecule has 1 aliphatic heterocycles. The molecule has 1 aromatic heterocycles. The van der Waals surface area contributed by atoms with Gasteiger partial charge in [0.2, 0.25) is 0 Å². The first-order valence-electron chi connectivity index (χ1n) is 10.4. The van der Waals surface area contributed by atoms with E-state index in [1.165, 1.54) is 13.0 Å². The number of nitrogens with zero attached hydrogens (tertiary/aromatic N) is 2. The van der Waals surface area contributed by atoms with Crippen molar-refractivity contribution < 1.29 is 27.6 Å². The molecule has 10 nitrogen and oxygen atoms in total. The number of aryl methyl sites for hydroxylation is 2. The lowest BCUT2D eigenvalue weighted by atomic mass is 9.99. The predicted molar refractivity (Wildman–Crippen MR) is 118 cm³/mol. The summed E-state index contributed by atoms with van der Waals surface area (Å²) >= 11 is 0. The summed E-state index contributed by atoms with van der Waals surface area (Å²) in [7, 11) is -2.16. The number of aliphatic hydroxyl groups excluding tert-OH is 1. The van der Waals surface area contributed by atoms with E-state index in [4.69, 9.17) is 9.26 Å². The maximum absolute atomic E-state index is 13.4. The van der Waals surface area contributed by atoms with Crippen molar-refractivity contribution in [3.63, 3.8) is 0 Å². The van der Waals surface area contributed by atoms with Crippen molar-refractivity contribution in [1.82, 2.24) is 15.4 Å². The Bertz CT molecular complexity index is 1060. The van der Waals surface area contributed by atoms with Gasteiger partial charge in [0.1, 0.15) is 17.5 Å². The molecule has 0 saturated carbocycles. The van der Waals surface area contributed by atoms with Crippen molar-refractivity contribution in [1.29, 1.82) is 0 Å². The number of nitrogens with one attached hydrogen (secondary N) is 2. The summed E-state index contributed by atoms with van der Waals surface area (Å²) in [6.45, 7) is 7.58. The first-order chi connectivity index (χ1) is 15.1. The molecular formula is C21H30N4O6S. The highest BCUT2D eigenvalue weighted by molar-refractivity contribution is 7.92. The van der Waals surface area contributed by atoms with Crippen LogP contribution in [0.1, 0.15) is 35.7 Å². The molecule has 0 fully saturated rings. The molecule has 3 rings (SSSR count). The maximum Gasteiger partial charge on any atom is 0.267 e. The van der Waals surface area contributed by atoms with Gasteiger partial charge in [-0.2, -0.15) is 0 Å². The lowest BCUT2D eigenvalue weighted by molar-refractivity contribution is 0.0416. The minimum atomic E-state index is -3.98. The minimum Gasteiger partial charge on any atom is -0.488 e. The van der Waals surface area contributed by atoms with Crippen LogP contribution in [0.3, 0.4) is 0 Å². The second-order valence-corrected chi connectivity index (χ2v) is 9.77. The molecule has 2 heterocycles. The molecule has 0 radical (unpaired) electrons. The standard InChI is InChI=1S/C21H30N4O6S/c1-12-10-25(13(2)11-26)21(27)17-8-16(6-7-18(17)30-19(12)9-22-5)24-32(28,29)20-14(3)23-31-15(20)4/h6-8,12-13,19,22,24,26H,9-11H2,1-5H3/t12-,13+,19-/m0/s1.